The van der Waals surface area contributed by atoms with Gasteiger partial charge in [-0.1, -0.05) is 71.6 Å². The first-order valence-corrected chi connectivity index (χ1v) is 15.5. The average molecular weight is 624 g/mol. The molecule has 2 aliphatic rings. The van der Waals surface area contributed by atoms with Gasteiger partial charge in [-0.05, 0) is 53.4 Å². The van der Waals surface area contributed by atoms with Crippen LogP contribution in [0, 0.1) is 5.92 Å². The summed E-state index contributed by atoms with van der Waals surface area (Å²) in [5.41, 5.74) is 1.86. The highest BCUT2D eigenvalue weighted by Crippen LogP contribution is 2.53. The van der Waals surface area contributed by atoms with Crippen LogP contribution < -0.4 is 24.6 Å². The lowest BCUT2D eigenvalue weighted by molar-refractivity contribution is -0.122. The Kier molecular flexibility index (Phi) is 7.19. The molecule has 5 aromatic rings. The van der Waals surface area contributed by atoms with Crippen molar-refractivity contribution in [2.45, 2.75) is 16.2 Å². The summed E-state index contributed by atoms with van der Waals surface area (Å²) in [6.45, 7) is -0.231. The fraction of sp³-hybridized carbons (Fsp3) is 0.152. The van der Waals surface area contributed by atoms with E-state index in [1.165, 1.54) is 16.7 Å². The number of rotatable bonds is 7. The minimum absolute atomic E-state index is 0.231. The Morgan fingerprint density at radius 2 is 1.68 bits per heavy atom. The molecule has 3 amide bonds. The summed E-state index contributed by atoms with van der Waals surface area (Å²) < 4.78 is 11.1. The van der Waals surface area contributed by atoms with Crippen molar-refractivity contribution in [3.8, 4) is 11.5 Å². The van der Waals surface area contributed by atoms with E-state index in [4.69, 9.17) is 9.47 Å². The number of hydrogen-bond acceptors (Lipinski definition) is 8. The number of thiazole rings is 1. The van der Waals surface area contributed by atoms with Crippen LogP contribution in [0.4, 0.5) is 11.4 Å². The second-order valence-corrected chi connectivity index (χ2v) is 12.6. The van der Waals surface area contributed by atoms with Crippen molar-refractivity contribution in [1.29, 1.82) is 0 Å². The van der Waals surface area contributed by atoms with Gasteiger partial charge in [0.15, 0.2) is 6.61 Å². The summed E-state index contributed by atoms with van der Waals surface area (Å²) >= 11 is 2.26. The molecule has 1 fully saturated rings. The molecule has 0 saturated carbocycles. The van der Waals surface area contributed by atoms with Crippen LogP contribution in [0.15, 0.2) is 101 Å². The highest BCUT2D eigenvalue weighted by Gasteiger charge is 2.56. The molecule has 44 heavy (non-hydrogen) atoms. The zero-order valence-electron chi connectivity index (χ0n) is 23.3. The highest BCUT2D eigenvalue weighted by atomic mass is 32.2. The smallest absolute Gasteiger partial charge is 0.305 e. The number of amides is 3. The normalized spacial score (nSPS) is 19.0. The SMILES string of the molecule is COc1ccc(N2C(=O)[C@H]3[C@H](c4cccc(OCC(=O)Nc5cccc6ccccc56)c4)c4sc(=O)[nH]c4S[C@H]3C2=O)cc1. The third-order valence-electron chi connectivity index (χ3n) is 7.81. The van der Waals surface area contributed by atoms with Crippen molar-refractivity contribution in [3.63, 3.8) is 0 Å². The molecule has 1 aromatic heterocycles. The van der Waals surface area contributed by atoms with E-state index in [9.17, 15) is 19.2 Å². The molecule has 2 N–H and O–H groups in total. The first-order chi connectivity index (χ1) is 21.4. The quantitative estimate of drug-likeness (QED) is 0.233. The summed E-state index contributed by atoms with van der Waals surface area (Å²) in [6, 6.07) is 27.4. The van der Waals surface area contributed by atoms with Crippen LogP contribution in [0.3, 0.4) is 0 Å². The number of imide groups is 1. The van der Waals surface area contributed by atoms with Gasteiger partial charge in [0.1, 0.15) is 16.7 Å². The molecule has 9 nitrogen and oxygen atoms in total. The molecule has 2 aliphatic heterocycles. The fourth-order valence-corrected chi connectivity index (χ4v) is 8.34. The second kappa shape index (κ2) is 11.3. The van der Waals surface area contributed by atoms with Crippen molar-refractivity contribution < 1.29 is 23.9 Å². The number of carbonyl (C=O) groups is 3. The maximum absolute atomic E-state index is 14.0. The Labute approximate surface area is 259 Å². The van der Waals surface area contributed by atoms with Gasteiger partial charge in [0.05, 0.1) is 23.7 Å². The minimum Gasteiger partial charge on any atom is -0.497 e. The molecular weight excluding hydrogens is 599 g/mol. The molecule has 7 rings (SSSR count). The molecule has 220 valence electrons. The van der Waals surface area contributed by atoms with Crippen molar-refractivity contribution in [2.75, 3.05) is 23.9 Å². The van der Waals surface area contributed by atoms with E-state index < -0.39 is 17.1 Å². The number of aromatic amines is 1. The lowest BCUT2D eigenvalue weighted by Gasteiger charge is -2.30. The van der Waals surface area contributed by atoms with E-state index in [0.29, 0.717) is 38.3 Å². The summed E-state index contributed by atoms with van der Waals surface area (Å²) in [7, 11) is 1.55. The van der Waals surface area contributed by atoms with Gasteiger partial charge in [-0.15, -0.1) is 0 Å². The number of anilines is 2. The predicted octanol–water partition coefficient (Wildman–Crippen LogP) is 5.41. The van der Waals surface area contributed by atoms with Crippen molar-refractivity contribution in [3.05, 3.63) is 111 Å². The molecule has 1 saturated heterocycles. The topological polar surface area (TPSA) is 118 Å². The maximum atomic E-state index is 14.0. The van der Waals surface area contributed by atoms with E-state index in [1.54, 1.807) is 49.6 Å². The van der Waals surface area contributed by atoms with Crippen molar-refractivity contribution in [2.24, 2.45) is 5.92 Å². The molecule has 0 radical (unpaired) electrons. The van der Waals surface area contributed by atoms with Gasteiger partial charge in [-0.3, -0.25) is 19.2 Å². The molecule has 4 aromatic carbocycles. The first kappa shape index (κ1) is 27.9. The molecule has 0 bridgehead atoms. The first-order valence-electron chi connectivity index (χ1n) is 13.8. The zero-order valence-corrected chi connectivity index (χ0v) is 24.9. The molecular formula is C33H25N3O6S2. The Bertz CT molecular complexity index is 1980. The van der Waals surface area contributed by atoms with Crippen LogP contribution >= 0.6 is 23.1 Å². The van der Waals surface area contributed by atoms with Crippen LogP contribution in [0.2, 0.25) is 0 Å². The summed E-state index contributed by atoms with van der Waals surface area (Å²) in [6.07, 6.45) is 0. The fourth-order valence-electron chi connectivity index (χ4n) is 5.83. The van der Waals surface area contributed by atoms with Gasteiger partial charge < -0.3 is 19.8 Å². The third kappa shape index (κ3) is 4.93. The Morgan fingerprint density at radius 1 is 0.909 bits per heavy atom. The molecule has 11 heteroatoms. The average Bonchev–Trinajstić information content (AvgIpc) is 3.54. The number of hydrogen-bond donors (Lipinski definition) is 2. The number of fused-ring (bicyclic) bond motifs is 3. The zero-order chi connectivity index (χ0) is 30.4. The van der Waals surface area contributed by atoms with Crippen molar-refractivity contribution in [1.82, 2.24) is 4.98 Å². The summed E-state index contributed by atoms with van der Waals surface area (Å²) in [5, 5.41) is 4.73. The molecule has 0 spiro atoms. The van der Waals surface area contributed by atoms with E-state index in [0.717, 1.165) is 22.1 Å². The van der Waals surface area contributed by atoms with Crippen molar-refractivity contribution >= 4 is 63.0 Å². The number of nitrogens with zero attached hydrogens (tertiary/aromatic N) is 1. The maximum Gasteiger partial charge on any atom is 0.305 e. The van der Waals surface area contributed by atoms with Gasteiger partial charge >= 0.3 is 4.87 Å². The monoisotopic (exact) mass is 623 g/mol. The van der Waals surface area contributed by atoms with Crippen LogP contribution in [-0.4, -0.2) is 41.7 Å². The lowest BCUT2D eigenvalue weighted by Crippen LogP contribution is -2.32. The van der Waals surface area contributed by atoms with Gasteiger partial charge in [0.2, 0.25) is 11.8 Å². The number of H-pyrrole nitrogens is 1. The van der Waals surface area contributed by atoms with Crippen LogP contribution in [0.25, 0.3) is 10.8 Å². The number of nitrogens with one attached hydrogen (secondary N) is 2. The number of benzene rings is 4. The van der Waals surface area contributed by atoms with Gasteiger partial charge in [0.25, 0.3) is 5.91 Å². The number of ether oxygens (including phenoxy) is 2. The number of carbonyl (C=O) groups excluding carboxylic acids is 3. The minimum atomic E-state index is -0.738. The van der Waals surface area contributed by atoms with E-state index >= 15 is 0 Å². The largest absolute Gasteiger partial charge is 0.497 e. The number of methoxy groups -OCH3 is 1. The van der Waals surface area contributed by atoms with Gasteiger partial charge in [0, 0.05) is 21.9 Å². The summed E-state index contributed by atoms with van der Waals surface area (Å²) in [4.78, 5) is 57.4. The molecule has 0 unspecified atom stereocenters. The third-order valence-corrected chi connectivity index (χ3v) is 10.2. The molecule has 3 heterocycles. The lowest BCUT2D eigenvalue weighted by atomic mass is 9.83. The van der Waals surface area contributed by atoms with Crippen LogP contribution in [0.5, 0.6) is 11.5 Å². The Hall–Kier alpha value is -4.87. The number of thioether (sulfide) groups is 1. The van der Waals surface area contributed by atoms with Crippen LogP contribution in [0.1, 0.15) is 16.4 Å². The molecule has 0 aliphatic carbocycles. The number of aromatic nitrogens is 1. The standard InChI is InChI=1S/C33H25N3O6S2/c1-41-21-14-12-20(13-15-21)36-31(38)27-26(28-30(35-33(40)44-28)43-29(27)32(36)39)19-8-4-9-22(16-19)42-17-25(37)34-24-11-5-7-18-6-2-3-10-23(18)24/h2-16,26-27,29H,17H2,1H3,(H,34,37)(H,35,40)/t26-,27-,29+/m0/s1. The molecule has 3 atom stereocenters. The van der Waals surface area contributed by atoms with Crippen LogP contribution in [-0.2, 0) is 14.4 Å². The Morgan fingerprint density at radius 3 is 2.50 bits per heavy atom. The highest BCUT2D eigenvalue weighted by molar-refractivity contribution is 8.00. The predicted molar refractivity (Wildman–Crippen MR) is 170 cm³/mol. The van der Waals surface area contributed by atoms with Gasteiger partial charge in [-0.25, -0.2) is 4.90 Å². The Balaban J connectivity index is 1.15. The van der Waals surface area contributed by atoms with E-state index in [2.05, 4.69) is 10.3 Å². The van der Waals surface area contributed by atoms with E-state index in [1.807, 2.05) is 48.5 Å². The van der Waals surface area contributed by atoms with Gasteiger partial charge in [-0.2, -0.15) is 0 Å². The summed E-state index contributed by atoms with van der Waals surface area (Å²) in [5.74, 6) is -1.26. The second-order valence-electron chi connectivity index (χ2n) is 10.4. The van der Waals surface area contributed by atoms with E-state index in [-0.39, 0.29) is 29.2 Å².